The number of aryl methyl sites for hydroxylation is 1. The molecule has 4 N–H and O–H groups in total. The summed E-state index contributed by atoms with van der Waals surface area (Å²) in [7, 11) is 0. The van der Waals surface area contributed by atoms with Crippen LogP contribution in [0.2, 0.25) is 0 Å². The molecular formula is C10H10Br2N6O. The normalized spacial score (nSPS) is 11.1. The van der Waals surface area contributed by atoms with Gasteiger partial charge < -0.3 is 10.9 Å². The van der Waals surface area contributed by atoms with Crippen molar-refractivity contribution in [3.05, 3.63) is 32.5 Å². The molecule has 0 atom stereocenters. The minimum atomic E-state index is 0.0964. The largest absolute Gasteiger partial charge is 0.506 e. The van der Waals surface area contributed by atoms with Gasteiger partial charge in [0.25, 0.3) is 5.95 Å². The van der Waals surface area contributed by atoms with E-state index in [2.05, 4.69) is 52.6 Å². The number of hydrogen-bond acceptors (Lipinski definition) is 6. The second-order valence-corrected chi connectivity index (χ2v) is 5.41. The fraction of sp³-hybridized carbons (Fsp3) is 0.100. The first-order valence-electron chi connectivity index (χ1n) is 5.13. The molecule has 7 nitrogen and oxygen atoms in total. The molecule has 0 aliphatic carbocycles. The summed E-state index contributed by atoms with van der Waals surface area (Å²) in [6.45, 7) is 1.72. The summed E-state index contributed by atoms with van der Waals surface area (Å²) in [6.07, 6.45) is 1.45. The van der Waals surface area contributed by atoms with E-state index in [9.17, 15) is 5.11 Å². The molecule has 0 unspecified atom stereocenters. The number of hydrogen-bond donors (Lipinski definition) is 3. The van der Waals surface area contributed by atoms with Crippen LogP contribution in [0, 0.1) is 6.92 Å². The van der Waals surface area contributed by atoms with Gasteiger partial charge in [0.15, 0.2) is 5.82 Å². The molecule has 0 saturated carbocycles. The first-order chi connectivity index (χ1) is 8.99. The molecule has 2 rings (SSSR count). The van der Waals surface area contributed by atoms with E-state index >= 15 is 0 Å². The van der Waals surface area contributed by atoms with Crippen molar-refractivity contribution >= 4 is 44.0 Å². The average molecular weight is 390 g/mol. The van der Waals surface area contributed by atoms with Gasteiger partial charge in [-0.1, -0.05) is 15.9 Å². The lowest BCUT2D eigenvalue weighted by molar-refractivity contribution is 0.471. The molecule has 1 aromatic heterocycles. The summed E-state index contributed by atoms with van der Waals surface area (Å²) in [5.74, 6) is 6.62. The minimum Gasteiger partial charge on any atom is -0.506 e. The van der Waals surface area contributed by atoms with Gasteiger partial charge in [0.1, 0.15) is 5.75 Å². The van der Waals surface area contributed by atoms with Crippen molar-refractivity contribution in [1.29, 1.82) is 0 Å². The van der Waals surface area contributed by atoms with Gasteiger partial charge in [0, 0.05) is 10.0 Å². The van der Waals surface area contributed by atoms with Crippen LogP contribution in [0.15, 0.2) is 26.2 Å². The number of aromatic hydroxyl groups is 1. The molecule has 1 aromatic carbocycles. The van der Waals surface area contributed by atoms with Crippen LogP contribution < -0.4 is 11.3 Å². The SMILES string of the molecule is Cc1nnc(N/N=C\c2cc(Br)cc(Br)c2O)n1N. The Bertz CT molecular complexity index is 639. The van der Waals surface area contributed by atoms with Crippen molar-refractivity contribution < 1.29 is 5.11 Å². The monoisotopic (exact) mass is 388 g/mol. The van der Waals surface area contributed by atoms with Crippen LogP contribution in [0.5, 0.6) is 5.75 Å². The van der Waals surface area contributed by atoms with E-state index in [0.29, 0.717) is 21.8 Å². The Morgan fingerprint density at radius 1 is 1.42 bits per heavy atom. The van der Waals surface area contributed by atoms with Crippen LogP contribution in [0.25, 0.3) is 0 Å². The zero-order chi connectivity index (χ0) is 14.0. The van der Waals surface area contributed by atoms with Crippen LogP contribution >= 0.6 is 31.9 Å². The van der Waals surface area contributed by atoms with Gasteiger partial charge in [-0.15, -0.1) is 10.2 Å². The highest BCUT2D eigenvalue weighted by atomic mass is 79.9. The topological polar surface area (TPSA) is 101 Å². The number of nitrogens with zero attached hydrogens (tertiary/aromatic N) is 4. The fourth-order valence-electron chi connectivity index (χ4n) is 1.29. The first-order valence-corrected chi connectivity index (χ1v) is 6.72. The van der Waals surface area contributed by atoms with Crippen molar-refractivity contribution in [2.24, 2.45) is 5.10 Å². The third kappa shape index (κ3) is 3.04. The number of nitrogen functional groups attached to an aromatic ring is 1. The van der Waals surface area contributed by atoms with Gasteiger partial charge in [0.2, 0.25) is 0 Å². The molecular weight excluding hydrogens is 380 g/mol. The lowest BCUT2D eigenvalue weighted by Crippen LogP contribution is -2.13. The second-order valence-electron chi connectivity index (χ2n) is 3.64. The number of halogens is 2. The molecule has 0 spiro atoms. The van der Waals surface area contributed by atoms with E-state index < -0.39 is 0 Å². The number of aromatic nitrogens is 3. The Hall–Kier alpha value is -1.61. The van der Waals surface area contributed by atoms with Gasteiger partial charge in [-0.2, -0.15) is 5.10 Å². The molecule has 2 aromatic rings. The molecule has 9 heteroatoms. The quantitative estimate of drug-likeness (QED) is 0.423. The van der Waals surface area contributed by atoms with Gasteiger partial charge >= 0.3 is 0 Å². The smallest absolute Gasteiger partial charge is 0.263 e. The molecule has 0 saturated heterocycles. The van der Waals surface area contributed by atoms with Crippen LogP contribution in [0.3, 0.4) is 0 Å². The van der Waals surface area contributed by atoms with Gasteiger partial charge in [-0.05, 0) is 35.0 Å². The van der Waals surface area contributed by atoms with E-state index in [0.717, 1.165) is 4.47 Å². The van der Waals surface area contributed by atoms with Crippen molar-refractivity contribution in [2.75, 3.05) is 11.3 Å². The second kappa shape index (κ2) is 5.57. The maximum Gasteiger partial charge on any atom is 0.263 e. The van der Waals surface area contributed by atoms with Crippen LogP contribution in [-0.4, -0.2) is 26.2 Å². The fourth-order valence-corrected chi connectivity index (χ4v) is 2.55. The molecule has 0 amide bonds. The van der Waals surface area contributed by atoms with Crippen LogP contribution in [0.4, 0.5) is 5.95 Å². The summed E-state index contributed by atoms with van der Waals surface area (Å²) < 4.78 is 2.66. The van der Waals surface area contributed by atoms with Crippen molar-refractivity contribution in [2.45, 2.75) is 6.92 Å². The van der Waals surface area contributed by atoms with E-state index in [4.69, 9.17) is 5.84 Å². The molecule has 0 radical (unpaired) electrons. The number of anilines is 1. The van der Waals surface area contributed by atoms with E-state index in [-0.39, 0.29) is 5.75 Å². The van der Waals surface area contributed by atoms with Gasteiger partial charge in [-0.3, -0.25) is 0 Å². The number of rotatable bonds is 3. The van der Waals surface area contributed by atoms with E-state index in [1.807, 2.05) is 0 Å². The number of phenols is 1. The average Bonchev–Trinajstić information content (AvgIpc) is 2.67. The molecule has 19 heavy (non-hydrogen) atoms. The van der Waals surface area contributed by atoms with E-state index in [1.165, 1.54) is 10.9 Å². The minimum absolute atomic E-state index is 0.0964. The molecule has 0 aliphatic rings. The molecule has 100 valence electrons. The van der Waals surface area contributed by atoms with E-state index in [1.54, 1.807) is 19.1 Å². The molecule has 0 fully saturated rings. The summed E-state index contributed by atoms with van der Waals surface area (Å²) in [4.78, 5) is 0. The Kier molecular flexibility index (Phi) is 4.05. The lowest BCUT2D eigenvalue weighted by Gasteiger charge is -2.03. The van der Waals surface area contributed by atoms with Crippen molar-refractivity contribution in [1.82, 2.24) is 14.9 Å². The highest BCUT2D eigenvalue weighted by molar-refractivity contribution is 9.11. The zero-order valence-electron chi connectivity index (χ0n) is 9.80. The van der Waals surface area contributed by atoms with Crippen LogP contribution in [-0.2, 0) is 0 Å². The van der Waals surface area contributed by atoms with Gasteiger partial charge in [0.05, 0.1) is 10.7 Å². The maximum absolute atomic E-state index is 9.83. The van der Waals surface area contributed by atoms with Crippen molar-refractivity contribution in [3.8, 4) is 5.75 Å². The van der Waals surface area contributed by atoms with Crippen molar-refractivity contribution in [3.63, 3.8) is 0 Å². The zero-order valence-corrected chi connectivity index (χ0v) is 13.0. The third-order valence-corrected chi connectivity index (χ3v) is 3.35. The predicted molar refractivity (Wildman–Crippen MR) is 79.6 cm³/mol. The van der Waals surface area contributed by atoms with Crippen LogP contribution in [0.1, 0.15) is 11.4 Å². The number of phenolic OH excluding ortho intramolecular Hbond substituents is 1. The molecule has 0 aliphatic heterocycles. The van der Waals surface area contributed by atoms with Gasteiger partial charge in [-0.25, -0.2) is 10.1 Å². The Morgan fingerprint density at radius 2 is 2.16 bits per heavy atom. The summed E-state index contributed by atoms with van der Waals surface area (Å²) in [6, 6.07) is 3.46. The first kappa shape index (κ1) is 13.8. The Labute approximate surface area is 125 Å². The number of nitrogens with two attached hydrogens (primary N) is 1. The highest BCUT2D eigenvalue weighted by Gasteiger charge is 2.06. The highest BCUT2D eigenvalue weighted by Crippen LogP contribution is 2.30. The number of hydrazone groups is 1. The third-order valence-electron chi connectivity index (χ3n) is 2.29. The summed E-state index contributed by atoms with van der Waals surface area (Å²) in [5.41, 5.74) is 3.18. The Balaban J connectivity index is 2.18. The summed E-state index contributed by atoms with van der Waals surface area (Å²) >= 11 is 6.57. The predicted octanol–water partition coefficient (Wildman–Crippen LogP) is 1.98. The lowest BCUT2D eigenvalue weighted by atomic mass is 10.2. The Morgan fingerprint density at radius 3 is 2.79 bits per heavy atom. The number of nitrogens with one attached hydrogen (secondary N) is 1. The number of benzene rings is 1. The molecule has 1 heterocycles. The summed E-state index contributed by atoms with van der Waals surface area (Å²) in [5, 5.41) is 21.3. The molecule has 0 bridgehead atoms. The standard InChI is InChI=1S/C10H10Br2N6O/c1-5-15-17-10(18(5)13)16-14-4-6-2-7(11)3-8(12)9(6)19/h2-4,19H,13H2,1H3,(H,16,17)/b14-4-. The maximum atomic E-state index is 9.83.